The minimum Gasteiger partial charge on any atom is -0.378 e. The Morgan fingerprint density at radius 3 is 2.77 bits per heavy atom. The Hall–Kier alpha value is -0.520. The van der Waals surface area contributed by atoms with E-state index < -0.39 is 0 Å². The van der Waals surface area contributed by atoms with Crippen LogP contribution in [0.4, 0.5) is 0 Å². The van der Waals surface area contributed by atoms with E-state index in [-0.39, 0.29) is 24.4 Å². The second-order valence-electron chi connectivity index (χ2n) is 5.09. The van der Waals surface area contributed by atoms with Crippen molar-refractivity contribution in [1.82, 2.24) is 10.2 Å². The lowest BCUT2D eigenvalue weighted by atomic mass is 10.1. The van der Waals surface area contributed by atoms with Crippen LogP contribution >= 0.6 is 35.6 Å². The highest BCUT2D eigenvalue weighted by atomic mass is 35.5. The Kier molecular flexibility index (Phi) is 8.50. The maximum Gasteiger partial charge on any atom is 0.224 e. The van der Waals surface area contributed by atoms with Crippen molar-refractivity contribution in [3.05, 3.63) is 33.8 Å². The van der Waals surface area contributed by atoms with Crippen LogP contribution < -0.4 is 5.32 Å². The lowest BCUT2D eigenvalue weighted by Gasteiger charge is -2.27. The van der Waals surface area contributed by atoms with Crippen LogP contribution in [0, 0.1) is 0 Å². The minimum absolute atomic E-state index is 0. The Morgan fingerprint density at radius 1 is 1.41 bits per heavy atom. The van der Waals surface area contributed by atoms with Crippen LogP contribution in [0.2, 0.25) is 10.0 Å². The van der Waals surface area contributed by atoms with Gasteiger partial charge in [0.15, 0.2) is 0 Å². The zero-order chi connectivity index (χ0) is 15.2. The zero-order valence-electron chi connectivity index (χ0n) is 12.5. The molecule has 1 aliphatic rings. The van der Waals surface area contributed by atoms with Gasteiger partial charge in [0.25, 0.3) is 0 Å². The van der Waals surface area contributed by atoms with Crippen LogP contribution in [0.25, 0.3) is 0 Å². The SMILES string of the molecule is CCN(Cc1ccc(Cl)c(Cl)c1)C(=O)CC1COCCN1.Cl. The van der Waals surface area contributed by atoms with Gasteiger partial charge in [0.1, 0.15) is 0 Å². The van der Waals surface area contributed by atoms with Crippen molar-refractivity contribution >= 4 is 41.5 Å². The Labute approximate surface area is 147 Å². The summed E-state index contributed by atoms with van der Waals surface area (Å²) in [6.45, 7) is 5.28. The van der Waals surface area contributed by atoms with Gasteiger partial charge in [0, 0.05) is 32.1 Å². The number of benzene rings is 1. The van der Waals surface area contributed by atoms with Gasteiger partial charge < -0.3 is 15.0 Å². The van der Waals surface area contributed by atoms with Crippen molar-refractivity contribution in [1.29, 1.82) is 0 Å². The van der Waals surface area contributed by atoms with Crippen molar-refractivity contribution in [2.75, 3.05) is 26.3 Å². The van der Waals surface area contributed by atoms with E-state index in [2.05, 4.69) is 5.32 Å². The van der Waals surface area contributed by atoms with Crippen LogP contribution in [0.3, 0.4) is 0 Å². The van der Waals surface area contributed by atoms with Crippen molar-refractivity contribution in [3.8, 4) is 0 Å². The van der Waals surface area contributed by atoms with Gasteiger partial charge in [-0.3, -0.25) is 4.79 Å². The number of halogens is 3. The van der Waals surface area contributed by atoms with Gasteiger partial charge in [-0.1, -0.05) is 29.3 Å². The third-order valence-corrected chi connectivity index (χ3v) is 4.25. The first-order valence-corrected chi connectivity index (χ1v) is 7.88. The second-order valence-corrected chi connectivity index (χ2v) is 5.90. The van der Waals surface area contributed by atoms with Crippen LogP contribution in [0.5, 0.6) is 0 Å². The maximum absolute atomic E-state index is 12.4. The molecule has 1 atom stereocenters. The number of nitrogens with zero attached hydrogens (tertiary/aromatic N) is 1. The molecule has 2 rings (SSSR count). The monoisotopic (exact) mass is 366 g/mol. The van der Waals surface area contributed by atoms with Crippen LogP contribution in [0.1, 0.15) is 18.9 Å². The third kappa shape index (κ3) is 5.60. The van der Waals surface area contributed by atoms with Gasteiger partial charge in [-0.25, -0.2) is 0 Å². The molecule has 124 valence electrons. The molecule has 1 amide bonds. The first kappa shape index (κ1) is 19.5. The Bertz CT molecular complexity index is 494. The normalized spacial score (nSPS) is 17.7. The first-order chi connectivity index (χ1) is 10.1. The van der Waals surface area contributed by atoms with E-state index >= 15 is 0 Å². The number of morpholine rings is 1. The summed E-state index contributed by atoms with van der Waals surface area (Å²) < 4.78 is 5.38. The number of nitrogens with one attached hydrogen (secondary N) is 1. The van der Waals surface area contributed by atoms with Gasteiger partial charge >= 0.3 is 0 Å². The van der Waals surface area contributed by atoms with E-state index in [0.717, 1.165) is 12.1 Å². The number of rotatable bonds is 5. The molecule has 0 aliphatic carbocycles. The first-order valence-electron chi connectivity index (χ1n) is 7.13. The predicted molar refractivity (Wildman–Crippen MR) is 92.0 cm³/mol. The Morgan fingerprint density at radius 2 is 2.18 bits per heavy atom. The highest BCUT2D eigenvalue weighted by Crippen LogP contribution is 2.23. The summed E-state index contributed by atoms with van der Waals surface area (Å²) in [5.41, 5.74) is 0.979. The van der Waals surface area contributed by atoms with Gasteiger partial charge in [-0.15, -0.1) is 12.4 Å². The van der Waals surface area contributed by atoms with E-state index in [1.165, 1.54) is 0 Å². The molecular formula is C15H21Cl3N2O2. The standard InChI is InChI=1S/C15H20Cl2N2O2.ClH/c1-2-19(9-11-3-4-13(16)14(17)7-11)15(20)8-12-10-21-6-5-18-12;/h3-4,7,12,18H,2,5-6,8-10H2,1H3;1H. The van der Waals surface area contributed by atoms with Crippen LogP contribution in [-0.4, -0.2) is 43.2 Å². The lowest BCUT2D eigenvalue weighted by Crippen LogP contribution is -2.45. The Balaban J connectivity index is 0.00000242. The predicted octanol–water partition coefficient (Wildman–Crippen LogP) is 3.14. The minimum atomic E-state index is 0. The molecule has 1 saturated heterocycles. The summed E-state index contributed by atoms with van der Waals surface area (Å²) in [6, 6.07) is 5.57. The summed E-state index contributed by atoms with van der Waals surface area (Å²) in [4.78, 5) is 14.2. The molecule has 0 radical (unpaired) electrons. The van der Waals surface area contributed by atoms with Crippen molar-refractivity contribution in [2.24, 2.45) is 0 Å². The molecule has 0 aromatic heterocycles. The molecule has 1 aliphatic heterocycles. The number of hydrogen-bond acceptors (Lipinski definition) is 3. The molecule has 1 heterocycles. The van der Waals surface area contributed by atoms with E-state index in [1.54, 1.807) is 6.07 Å². The number of amides is 1. The molecule has 4 nitrogen and oxygen atoms in total. The summed E-state index contributed by atoms with van der Waals surface area (Å²) in [5.74, 6) is 0.117. The van der Waals surface area contributed by atoms with E-state index in [0.29, 0.717) is 42.8 Å². The molecule has 1 N–H and O–H groups in total. The fourth-order valence-electron chi connectivity index (χ4n) is 2.33. The summed E-state index contributed by atoms with van der Waals surface area (Å²) in [5, 5.41) is 4.34. The highest BCUT2D eigenvalue weighted by Gasteiger charge is 2.20. The molecule has 0 saturated carbocycles. The number of hydrogen-bond donors (Lipinski definition) is 1. The summed E-state index contributed by atoms with van der Waals surface area (Å²) in [7, 11) is 0. The average molecular weight is 368 g/mol. The number of ether oxygens (including phenoxy) is 1. The van der Waals surface area contributed by atoms with Crippen molar-refractivity contribution < 1.29 is 9.53 Å². The van der Waals surface area contributed by atoms with E-state index in [1.807, 2.05) is 24.0 Å². The summed E-state index contributed by atoms with van der Waals surface area (Å²) in [6.07, 6.45) is 0.454. The molecular weight excluding hydrogens is 347 g/mol. The van der Waals surface area contributed by atoms with Gasteiger partial charge in [-0.2, -0.15) is 0 Å². The average Bonchev–Trinajstić information content (AvgIpc) is 2.49. The fraction of sp³-hybridized carbons (Fsp3) is 0.533. The fourth-order valence-corrected chi connectivity index (χ4v) is 2.65. The van der Waals surface area contributed by atoms with Crippen molar-refractivity contribution in [2.45, 2.75) is 25.9 Å². The molecule has 22 heavy (non-hydrogen) atoms. The van der Waals surface area contributed by atoms with Gasteiger partial charge in [0.05, 0.1) is 23.3 Å². The third-order valence-electron chi connectivity index (χ3n) is 3.51. The van der Waals surface area contributed by atoms with Gasteiger partial charge in [-0.05, 0) is 24.6 Å². The molecule has 1 unspecified atom stereocenters. The summed E-state index contributed by atoms with van der Waals surface area (Å²) >= 11 is 11.9. The topological polar surface area (TPSA) is 41.6 Å². The molecule has 0 spiro atoms. The largest absolute Gasteiger partial charge is 0.378 e. The number of carbonyl (C=O) groups excluding carboxylic acids is 1. The van der Waals surface area contributed by atoms with E-state index in [9.17, 15) is 4.79 Å². The van der Waals surface area contributed by atoms with Gasteiger partial charge in [0.2, 0.25) is 5.91 Å². The van der Waals surface area contributed by atoms with E-state index in [4.69, 9.17) is 27.9 Å². The maximum atomic E-state index is 12.4. The molecule has 1 aromatic carbocycles. The van der Waals surface area contributed by atoms with Crippen molar-refractivity contribution in [3.63, 3.8) is 0 Å². The highest BCUT2D eigenvalue weighted by molar-refractivity contribution is 6.42. The molecule has 7 heteroatoms. The van der Waals surface area contributed by atoms with Crippen LogP contribution in [-0.2, 0) is 16.1 Å². The lowest BCUT2D eigenvalue weighted by molar-refractivity contribution is -0.132. The van der Waals surface area contributed by atoms with Crippen LogP contribution in [0.15, 0.2) is 18.2 Å². The number of carbonyl (C=O) groups is 1. The smallest absolute Gasteiger partial charge is 0.224 e. The quantitative estimate of drug-likeness (QED) is 0.869. The molecule has 0 bridgehead atoms. The molecule has 1 fully saturated rings. The zero-order valence-corrected chi connectivity index (χ0v) is 14.8. The molecule has 1 aromatic rings. The second kappa shape index (κ2) is 9.58.